The molecule has 98 valence electrons. The Morgan fingerprint density at radius 1 is 1.50 bits per heavy atom. The summed E-state index contributed by atoms with van der Waals surface area (Å²) in [5, 5.41) is 0. The van der Waals surface area contributed by atoms with Crippen molar-refractivity contribution in [1.29, 1.82) is 0 Å². The smallest absolute Gasteiger partial charge is 0.226 e. The molecule has 0 radical (unpaired) electrons. The molecule has 1 aliphatic rings. The molecule has 1 saturated heterocycles. The van der Waals surface area contributed by atoms with Crippen LogP contribution in [-0.4, -0.2) is 25.7 Å². The lowest BCUT2D eigenvalue weighted by Gasteiger charge is -2.19. The molecule has 1 amide bonds. The lowest BCUT2D eigenvalue weighted by Crippen LogP contribution is -2.27. The molecule has 0 bridgehead atoms. The normalized spacial score (nSPS) is 18.8. The van der Waals surface area contributed by atoms with Crippen molar-refractivity contribution in [1.82, 2.24) is 0 Å². The van der Waals surface area contributed by atoms with Crippen LogP contribution in [0.3, 0.4) is 0 Å². The van der Waals surface area contributed by atoms with Gasteiger partial charge >= 0.3 is 0 Å². The summed E-state index contributed by atoms with van der Waals surface area (Å²) in [6.07, 6.45) is 3.76. The molecule has 0 aliphatic carbocycles. The van der Waals surface area contributed by atoms with Gasteiger partial charge in [0.05, 0.1) is 17.5 Å². The molecule has 0 spiro atoms. The topological polar surface area (TPSA) is 55.6 Å². The quantitative estimate of drug-likeness (QED) is 0.831. The third-order valence-corrected chi connectivity index (χ3v) is 3.38. The predicted molar refractivity (Wildman–Crippen MR) is 72.5 cm³/mol. The second-order valence-electron chi connectivity index (χ2n) is 4.69. The van der Waals surface area contributed by atoms with Gasteiger partial charge < -0.3 is 15.4 Å². The molecule has 1 heterocycles. The summed E-state index contributed by atoms with van der Waals surface area (Å²) in [5.74, 6) is 0.0865. The number of benzene rings is 1. The number of rotatable bonds is 4. The molecule has 2 rings (SSSR count). The van der Waals surface area contributed by atoms with Crippen molar-refractivity contribution in [3.63, 3.8) is 0 Å². The summed E-state index contributed by atoms with van der Waals surface area (Å²) < 4.78 is 5.52. The maximum atomic E-state index is 12.1. The fourth-order valence-electron chi connectivity index (χ4n) is 2.25. The van der Waals surface area contributed by atoms with Crippen molar-refractivity contribution >= 4 is 17.3 Å². The second-order valence-corrected chi connectivity index (χ2v) is 4.69. The molecule has 1 aromatic rings. The van der Waals surface area contributed by atoms with Gasteiger partial charge in [0.2, 0.25) is 5.91 Å². The van der Waals surface area contributed by atoms with Crippen molar-refractivity contribution < 1.29 is 9.53 Å². The Morgan fingerprint density at radius 2 is 2.28 bits per heavy atom. The molecule has 0 aromatic heterocycles. The first-order valence-corrected chi connectivity index (χ1v) is 6.41. The van der Waals surface area contributed by atoms with Gasteiger partial charge in [-0.1, -0.05) is 12.1 Å². The molecule has 1 fully saturated rings. The van der Waals surface area contributed by atoms with Crippen LogP contribution in [0, 0.1) is 0 Å². The number of hydrogen-bond donors (Lipinski definition) is 1. The third-order valence-electron chi connectivity index (χ3n) is 3.38. The van der Waals surface area contributed by atoms with Crippen molar-refractivity contribution in [2.75, 3.05) is 24.3 Å². The van der Waals surface area contributed by atoms with Crippen LogP contribution in [0.1, 0.15) is 25.7 Å². The lowest BCUT2D eigenvalue weighted by atomic mass is 10.1. The Kier molecular flexibility index (Phi) is 4.20. The molecular formula is C14H20N2O2. The monoisotopic (exact) mass is 248 g/mol. The number of para-hydroxylation sites is 2. The lowest BCUT2D eigenvalue weighted by molar-refractivity contribution is -0.118. The van der Waals surface area contributed by atoms with Crippen LogP contribution in [0.4, 0.5) is 11.4 Å². The number of ether oxygens (including phenoxy) is 1. The number of amides is 1. The zero-order valence-corrected chi connectivity index (χ0v) is 10.8. The molecule has 1 atom stereocenters. The van der Waals surface area contributed by atoms with Crippen molar-refractivity contribution in [3.05, 3.63) is 24.3 Å². The van der Waals surface area contributed by atoms with Crippen molar-refractivity contribution in [2.45, 2.75) is 31.8 Å². The molecule has 4 nitrogen and oxygen atoms in total. The van der Waals surface area contributed by atoms with Crippen molar-refractivity contribution in [3.8, 4) is 0 Å². The predicted octanol–water partition coefficient (Wildman–Crippen LogP) is 2.19. The van der Waals surface area contributed by atoms with Gasteiger partial charge in [0.15, 0.2) is 0 Å². The van der Waals surface area contributed by atoms with Gasteiger partial charge in [-0.05, 0) is 31.4 Å². The standard InChI is InChI=1S/C14H20N2O2/c1-16(13-7-3-2-6-12(13)15)14(17)9-8-11-5-4-10-18-11/h2-3,6-7,11H,4-5,8-10,15H2,1H3. The van der Waals surface area contributed by atoms with Gasteiger partial charge in [0.1, 0.15) is 0 Å². The maximum Gasteiger partial charge on any atom is 0.226 e. The van der Waals surface area contributed by atoms with E-state index in [1.807, 2.05) is 18.2 Å². The number of nitrogens with zero attached hydrogens (tertiary/aromatic N) is 1. The molecule has 1 aromatic carbocycles. The summed E-state index contributed by atoms with van der Waals surface area (Å²) in [7, 11) is 1.77. The molecule has 2 N–H and O–H groups in total. The van der Waals surface area contributed by atoms with Crippen LogP contribution in [0.15, 0.2) is 24.3 Å². The fraction of sp³-hybridized carbons (Fsp3) is 0.500. The van der Waals surface area contributed by atoms with E-state index in [2.05, 4.69) is 0 Å². The highest BCUT2D eigenvalue weighted by Crippen LogP contribution is 2.23. The average molecular weight is 248 g/mol. The van der Waals surface area contributed by atoms with Gasteiger partial charge in [-0.3, -0.25) is 4.79 Å². The highest BCUT2D eigenvalue weighted by molar-refractivity contribution is 5.95. The van der Waals surface area contributed by atoms with E-state index in [0.29, 0.717) is 12.1 Å². The summed E-state index contributed by atoms with van der Waals surface area (Å²) >= 11 is 0. The Hall–Kier alpha value is -1.55. The van der Waals surface area contributed by atoms with Crippen LogP contribution in [0.25, 0.3) is 0 Å². The molecule has 0 saturated carbocycles. The van der Waals surface area contributed by atoms with Crippen LogP contribution in [0.2, 0.25) is 0 Å². The van der Waals surface area contributed by atoms with Crippen LogP contribution < -0.4 is 10.6 Å². The minimum Gasteiger partial charge on any atom is -0.397 e. The van der Waals surface area contributed by atoms with Gasteiger partial charge in [0, 0.05) is 20.1 Å². The van der Waals surface area contributed by atoms with E-state index >= 15 is 0 Å². The van der Waals surface area contributed by atoms with Gasteiger partial charge in [-0.25, -0.2) is 0 Å². The zero-order chi connectivity index (χ0) is 13.0. The number of nitrogens with two attached hydrogens (primary N) is 1. The summed E-state index contributed by atoms with van der Waals surface area (Å²) in [6.45, 7) is 0.834. The minimum absolute atomic E-state index is 0.0865. The van der Waals surface area contributed by atoms with Crippen molar-refractivity contribution in [2.24, 2.45) is 0 Å². The molecule has 18 heavy (non-hydrogen) atoms. The number of carbonyl (C=O) groups excluding carboxylic acids is 1. The number of hydrogen-bond acceptors (Lipinski definition) is 3. The SMILES string of the molecule is CN(C(=O)CCC1CCCO1)c1ccccc1N. The summed E-state index contributed by atoms with van der Waals surface area (Å²) in [5.41, 5.74) is 7.26. The van der Waals surface area contributed by atoms with Gasteiger partial charge in [0.25, 0.3) is 0 Å². The van der Waals surface area contributed by atoms with E-state index in [0.717, 1.165) is 31.6 Å². The number of anilines is 2. The minimum atomic E-state index is 0.0865. The van der Waals surface area contributed by atoms with Gasteiger partial charge in [-0.2, -0.15) is 0 Å². The summed E-state index contributed by atoms with van der Waals surface area (Å²) in [6, 6.07) is 7.41. The first-order chi connectivity index (χ1) is 8.68. The Balaban J connectivity index is 1.90. The highest BCUT2D eigenvalue weighted by Gasteiger charge is 2.19. The van der Waals surface area contributed by atoms with E-state index in [-0.39, 0.29) is 12.0 Å². The number of nitrogen functional groups attached to an aromatic ring is 1. The Labute approximate surface area is 108 Å². The van der Waals surface area contributed by atoms with E-state index in [1.165, 1.54) is 0 Å². The summed E-state index contributed by atoms with van der Waals surface area (Å²) in [4.78, 5) is 13.7. The maximum absolute atomic E-state index is 12.1. The largest absolute Gasteiger partial charge is 0.397 e. The molecular weight excluding hydrogens is 228 g/mol. The Morgan fingerprint density at radius 3 is 2.94 bits per heavy atom. The van der Waals surface area contributed by atoms with Crippen LogP contribution in [0.5, 0.6) is 0 Å². The first kappa shape index (κ1) is 12.9. The molecule has 4 heteroatoms. The first-order valence-electron chi connectivity index (χ1n) is 6.41. The van der Waals surface area contributed by atoms with Crippen LogP contribution >= 0.6 is 0 Å². The molecule has 1 aliphatic heterocycles. The average Bonchev–Trinajstić information content (AvgIpc) is 2.89. The third kappa shape index (κ3) is 3.01. The van der Waals surface area contributed by atoms with E-state index in [9.17, 15) is 4.79 Å². The Bertz CT molecular complexity index is 414. The van der Waals surface area contributed by atoms with Crippen LogP contribution in [-0.2, 0) is 9.53 Å². The molecule has 1 unspecified atom stereocenters. The van der Waals surface area contributed by atoms with E-state index in [4.69, 9.17) is 10.5 Å². The second kappa shape index (κ2) is 5.87. The van der Waals surface area contributed by atoms with E-state index in [1.54, 1.807) is 18.0 Å². The highest BCUT2D eigenvalue weighted by atomic mass is 16.5. The van der Waals surface area contributed by atoms with Gasteiger partial charge in [-0.15, -0.1) is 0 Å². The zero-order valence-electron chi connectivity index (χ0n) is 10.8. The fourth-order valence-corrected chi connectivity index (χ4v) is 2.25. The van der Waals surface area contributed by atoms with E-state index < -0.39 is 0 Å². The number of carbonyl (C=O) groups is 1.